The van der Waals surface area contributed by atoms with Crippen LogP contribution in [0.25, 0.3) is 0 Å². The SMILES string of the molecule is COC(=O)Cc1ccc(OC2CCNCC2)c(C(F)(F)F)c1. The van der Waals surface area contributed by atoms with E-state index >= 15 is 0 Å². The monoisotopic (exact) mass is 317 g/mol. The van der Waals surface area contributed by atoms with Crippen LogP contribution >= 0.6 is 0 Å². The van der Waals surface area contributed by atoms with Gasteiger partial charge in [0.1, 0.15) is 11.9 Å². The molecule has 0 amide bonds. The number of hydrogen-bond acceptors (Lipinski definition) is 4. The number of piperidine rings is 1. The summed E-state index contributed by atoms with van der Waals surface area (Å²) in [6, 6.07) is 3.69. The van der Waals surface area contributed by atoms with Crippen molar-refractivity contribution in [3.8, 4) is 5.75 Å². The van der Waals surface area contributed by atoms with E-state index in [1.54, 1.807) is 0 Å². The summed E-state index contributed by atoms with van der Waals surface area (Å²) in [6.45, 7) is 1.46. The molecule has 1 aliphatic heterocycles. The normalized spacial score (nSPS) is 16.4. The molecule has 2 rings (SSSR count). The number of ether oxygens (including phenoxy) is 2. The fourth-order valence-electron chi connectivity index (χ4n) is 2.34. The molecule has 0 bridgehead atoms. The molecule has 1 N–H and O–H groups in total. The molecule has 22 heavy (non-hydrogen) atoms. The molecule has 0 unspecified atom stereocenters. The first-order chi connectivity index (χ1) is 10.4. The van der Waals surface area contributed by atoms with Crippen LogP contribution in [0, 0.1) is 0 Å². The van der Waals surface area contributed by atoms with Gasteiger partial charge in [-0.3, -0.25) is 4.79 Å². The number of hydrogen-bond donors (Lipinski definition) is 1. The van der Waals surface area contributed by atoms with E-state index in [1.165, 1.54) is 19.2 Å². The smallest absolute Gasteiger partial charge is 0.419 e. The Morgan fingerprint density at radius 2 is 2.00 bits per heavy atom. The third-order valence-corrected chi connectivity index (χ3v) is 3.51. The van der Waals surface area contributed by atoms with Crippen LogP contribution in [0.4, 0.5) is 13.2 Å². The van der Waals surface area contributed by atoms with Crippen molar-refractivity contribution in [3.63, 3.8) is 0 Å². The Bertz CT molecular complexity index is 525. The number of benzene rings is 1. The number of halogens is 3. The molecule has 1 heterocycles. The average molecular weight is 317 g/mol. The number of esters is 1. The van der Waals surface area contributed by atoms with Gasteiger partial charge in [0.15, 0.2) is 0 Å². The van der Waals surface area contributed by atoms with Crippen LogP contribution in [-0.2, 0) is 22.1 Å². The van der Waals surface area contributed by atoms with E-state index < -0.39 is 17.7 Å². The standard InChI is InChI=1S/C15H18F3NO3/c1-21-14(20)9-10-2-3-13(12(8-10)15(16,17)18)22-11-4-6-19-7-5-11/h2-3,8,11,19H,4-7,9H2,1H3. The lowest BCUT2D eigenvalue weighted by Crippen LogP contribution is -2.34. The molecule has 1 aromatic carbocycles. The minimum atomic E-state index is -4.53. The highest BCUT2D eigenvalue weighted by Gasteiger charge is 2.35. The number of rotatable bonds is 4. The van der Waals surface area contributed by atoms with Crippen molar-refractivity contribution in [2.24, 2.45) is 0 Å². The number of nitrogens with one attached hydrogen (secondary N) is 1. The molecule has 1 fully saturated rings. The van der Waals surface area contributed by atoms with Gasteiger partial charge in [-0.25, -0.2) is 0 Å². The van der Waals surface area contributed by atoms with Crippen molar-refractivity contribution in [1.29, 1.82) is 0 Å². The minimum Gasteiger partial charge on any atom is -0.490 e. The van der Waals surface area contributed by atoms with Crippen LogP contribution in [0.15, 0.2) is 18.2 Å². The fourth-order valence-corrected chi connectivity index (χ4v) is 2.34. The molecule has 0 aromatic heterocycles. The van der Waals surface area contributed by atoms with Crippen molar-refractivity contribution < 1.29 is 27.4 Å². The molecular weight excluding hydrogens is 299 g/mol. The van der Waals surface area contributed by atoms with Gasteiger partial charge < -0.3 is 14.8 Å². The summed E-state index contributed by atoms with van der Waals surface area (Å²) in [7, 11) is 1.20. The molecule has 122 valence electrons. The molecule has 0 saturated carbocycles. The first kappa shape index (κ1) is 16.6. The van der Waals surface area contributed by atoms with E-state index in [-0.39, 0.29) is 23.8 Å². The van der Waals surface area contributed by atoms with Crippen LogP contribution in [0.2, 0.25) is 0 Å². The highest BCUT2D eigenvalue weighted by Crippen LogP contribution is 2.37. The second-order valence-electron chi connectivity index (χ2n) is 5.15. The Kier molecular flexibility index (Phi) is 5.28. The Balaban J connectivity index is 2.22. The Morgan fingerprint density at radius 1 is 1.32 bits per heavy atom. The Morgan fingerprint density at radius 3 is 2.59 bits per heavy atom. The number of carbonyl (C=O) groups is 1. The van der Waals surface area contributed by atoms with Gasteiger partial charge >= 0.3 is 12.1 Å². The first-order valence-corrected chi connectivity index (χ1v) is 7.04. The molecule has 1 aromatic rings. The molecule has 0 atom stereocenters. The predicted molar refractivity (Wildman–Crippen MR) is 73.7 cm³/mol. The zero-order valence-corrected chi connectivity index (χ0v) is 12.2. The Labute approximate surface area is 126 Å². The van der Waals surface area contributed by atoms with Crippen molar-refractivity contribution in [2.75, 3.05) is 20.2 Å². The number of carbonyl (C=O) groups excluding carboxylic acids is 1. The largest absolute Gasteiger partial charge is 0.490 e. The maximum absolute atomic E-state index is 13.2. The summed E-state index contributed by atoms with van der Waals surface area (Å²) in [6.07, 6.45) is -3.63. The molecule has 1 saturated heterocycles. The van der Waals surface area contributed by atoms with E-state index in [0.717, 1.165) is 19.2 Å². The zero-order chi connectivity index (χ0) is 16.2. The van der Waals surface area contributed by atoms with Gasteiger partial charge in [-0.15, -0.1) is 0 Å². The summed E-state index contributed by atoms with van der Waals surface area (Å²) < 4.78 is 49.6. The summed E-state index contributed by atoms with van der Waals surface area (Å²) in [5, 5.41) is 3.13. The molecule has 0 radical (unpaired) electrons. The van der Waals surface area contributed by atoms with E-state index in [9.17, 15) is 18.0 Å². The summed E-state index contributed by atoms with van der Waals surface area (Å²) >= 11 is 0. The molecule has 0 spiro atoms. The lowest BCUT2D eigenvalue weighted by atomic mass is 10.1. The third-order valence-electron chi connectivity index (χ3n) is 3.51. The topological polar surface area (TPSA) is 47.6 Å². The second-order valence-corrected chi connectivity index (χ2v) is 5.15. The van der Waals surface area contributed by atoms with E-state index in [1.807, 2.05) is 0 Å². The molecule has 7 heteroatoms. The summed E-state index contributed by atoms with van der Waals surface area (Å²) in [5.74, 6) is -0.770. The van der Waals surface area contributed by atoms with Gasteiger partial charge in [-0.05, 0) is 43.6 Å². The van der Waals surface area contributed by atoms with Crippen molar-refractivity contribution >= 4 is 5.97 Å². The van der Waals surface area contributed by atoms with E-state index in [0.29, 0.717) is 12.8 Å². The first-order valence-electron chi connectivity index (χ1n) is 7.04. The van der Waals surface area contributed by atoms with E-state index in [4.69, 9.17) is 4.74 Å². The maximum Gasteiger partial charge on any atom is 0.419 e. The van der Waals surface area contributed by atoms with Gasteiger partial charge in [0.25, 0.3) is 0 Å². The van der Waals surface area contributed by atoms with Gasteiger partial charge in [0, 0.05) is 0 Å². The average Bonchev–Trinajstić information content (AvgIpc) is 2.48. The fraction of sp³-hybridized carbons (Fsp3) is 0.533. The molecule has 4 nitrogen and oxygen atoms in total. The number of alkyl halides is 3. The van der Waals surface area contributed by atoms with Gasteiger partial charge in [-0.2, -0.15) is 13.2 Å². The van der Waals surface area contributed by atoms with Crippen LogP contribution in [0.3, 0.4) is 0 Å². The zero-order valence-electron chi connectivity index (χ0n) is 12.2. The molecular formula is C15H18F3NO3. The van der Waals surface area contributed by atoms with Crippen LogP contribution in [0.5, 0.6) is 5.75 Å². The summed E-state index contributed by atoms with van der Waals surface area (Å²) in [4.78, 5) is 11.2. The van der Waals surface area contributed by atoms with Crippen molar-refractivity contribution in [1.82, 2.24) is 5.32 Å². The van der Waals surface area contributed by atoms with Gasteiger partial charge in [-0.1, -0.05) is 6.07 Å². The van der Waals surface area contributed by atoms with Crippen molar-refractivity contribution in [2.45, 2.75) is 31.5 Å². The van der Waals surface area contributed by atoms with Crippen molar-refractivity contribution in [3.05, 3.63) is 29.3 Å². The maximum atomic E-state index is 13.2. The van der Waals surface area contributed by atoms with Gasteiger partial charge in [0.2, 0.25) is 0 Å². The van der Waals surface area contributed by atoms with Crippen LogP contribution < -0.4 is 10.1 Å². The van der Waals surface area contributed by atoms with Gasteiger partial charge in [0.05, 0.1) is 19.1 Å². The lowest BCUT2D eigenvalue weighted by Gasteiger charge is -2.25. The van der Waals surface area contributed by atoms with E-state index in [2.05, 4.69) is 10.1 Å². The Hall–Kier alpha value is -1.76. The highest BCUT2D eigenvalue weighted by atomic mass is 19.4. The minimum absolute atomic E-state index is 0.187. The third kappa shape index (κ3) is 4.37. The summed E-state index contributed by atoms with van der Waals surface area (Å²) in [5.41, 5.74) is -0.607. The molecule has 1 aliphatic rings. The predicted octanol–water partition coefficient (Wildman–Crippen LogP) is 2.55. The molecule has 0 aliphatic carbocycles. The number of methoxy groups -OCH3 is 1. The highest BCUT2D eigenvalue weighted by molar-refractivity contribution is 5.72. The van der Waals surface area contributed by atoms with Crippen LogP contribution in [-0.4, -0.2) is 32.3 Å². The lowest BCUT2D eigenvalue weighted by molar-refractivity contribution is -0.141. The second kappa shape index (κ2) is 7.00. The van der Waals surface area contributed by atoms with Crippen LogP contribution in [0.1, 0.15) is 24.0 Å². The quantitative estimate of drug-likeness (QED) is 0.867.